The molecule has 0 radical (unpaired) electrons. The van der Waals surface area contributed by atoms with E-state index in [1.54, 1.807) is 0 Å². The fourth-order valence-corrected chi connectivity index (χ4v) is 3.93. The molecule has 2 aliphatic rings. The Balaban J connectivity index is 1.63. The Bertz CT molecular complexity index is 499. The highest BCUT2D eigenvalue weighted by atomic mass is 16.6. The topological polar surface area (TPSA) is 71.6 Å². The van der Waals surface area contributed by atoms with E-state index in [1.807, 2.05) is 13.8 Å². The minimum Gasteiger partial charge on any atom is -0.465 e. The molecule has 2 heterocycles. The van der Waals surface area contributed by atoms with Gasteiger partial charge in [-0.2, -0.15) is 0 Å². The summed E-state index contributed by atoms with van der Waals surface area (Å²) in [6, 6.07) is 0. The molecule has 1 N–H and O–H groups in total. The number of aliphatic hydroxyl groups is 1. The summed E-state index contributed by atoms with van der Waals surface area (Å²) < 4.78 is 17.3. The second kappa shape index (κ2) is 8.79. The molecule has 0 bridgehead atoms. The van der Waals surface area contributed by atoms with Gasteiger partial charge in [-0.25, -0.2) is 0 Å². The molecule has 0 saturated carbocycles. The molecule has 0 aromatic rings. The van der Waals surface area contributed by atoms with Gasteiger partial charge < -0.3 is 19.3 Å². The maximum Gasteiger partial charge on any atom is 0.305 e. The number of ether oxygens (including phenoxy) is 3. The highest BCUT2D eigenvalue weighted by Crippen LogP contribution is 2.49. The van der Waals surface area contributed by atoms with Gasteiger partial charge in [-0.3, -0.25) is 4.79 Å². The van der Waals surface area contributed by atoms with E-state index < -0.39 is 5.60 Å². The third kappa shape index (κ3) is 7.03. The maximum atomic E-state index is 11.8. The lowest BCUT2D eigenvalue weighted by molar-refractivity contribution is -0.145. The van der Waals surface area contributed by atoms with Crippen molar-refractivity contribution in [2.75, 3.05) is 6.61 Å². The summed E-state index contributed by atoms with van der Waals surface area (Å²) in [5.41, 5.74) is -0.864. The summed E-state index contributed by atoms with van der Waals surface area (Å²) in [6.07, 6.45) is 7.58. The summed E-state index contributed by atoms with van der Waals surface area (Å²) in [6.45, 7) is 12.6. The largest absolute Gasteiger partial charge is 0.465 e. The van der Waals surface area contributed by atoms with Crippen LogP contribution in [0.1, 0.15) is 92.9 Å². The van der Waals surface area contributed by atoms with Crippen LogP contribution in [0.15, 0.2) is 0 Å². The molecular formula is C22H40O5. The van der Waals surface area contributed by atoms with Crippen LogP contribution in [0.4, 0.5) is 0 Å². The number of esters is 1. The van der Waals surface area contributed by atoms with Gasteiger partial charge in [0.15, 0.2) is 0 Å². The molecule has 2 rings (SSSR count). The zero-order valence-electron chi connectivity index (χ0n) is 18.2. The second-order valence-electron chi connectivity index (χ2n) is 9.74. The van der Waals surface area contributed by atoms with Crippen LogP contribution in [0, 0.1) is 5.92 Å². The first-order chi connectivity index (χ1) is 12.5. The predicted octanol–water partition coefficient (Wildman–Crippen LogP) is 4.39. The van der Waals surface area contributed by atoms with Gasteiger partial charge in [0.25, 0.3) is 0 Å². The minimum absolute atomic E-state index is 0.0911. The fraction of sp³-hybridized carbons (Fsp3) is 0.955. The summed E-state index contributed by atoms with van der Waals surface area (Å²) in [7, 11) is 0. The van der Waals surface area contributed by atoms with Crippen molar-refractivity contribution in [3.63, 3.8) is 0 Å². The Morgan fingerprint density at radius 2 is 1.89 bits per heavy atom. The second-order valence-corrected chi connectivity index (χ2v) is 9.74. The van der Waals surface area contributed by atoms with Crippen LogP contribution in [-0.4, -0.2) is 46.7 Å². The predicted molar refractivity (Wildman–Crippen MR) is 106 cm³/mol. The summed E-state index contributed by atoms with van der Waals surface area (Å²) in [5.74, 6) is 0.124. The fourth-order valence-electron chi connectivity index (χ4n) is 3.93. The van der Waals surface area contributed by atoms with E-state index in [2.05, 4.69) is 27.7 Å². The maximum absolute atomic E-state index is 11.8. The first-order valence-electron chi connectivity index (χ1n) is 10.7. The van der Waals surface area contributed by atoms with Gasteiger partial charge >= 0.3 is 5.97 Å². The summed E-state index contributed by atoms with van der Waals surface area (Å²) in [5, 5.41) is 9.90. The van der Waals surface area contributed by atoms with E-state index in [0.717, 1.165) is 44.9 Å². The average Bonchev–Trinajstić information content (AvgIpc) is 3.45. The van der Waals surface area contributed by atoms with E-state index in [-0.39, 0.29) is 35.3 Å². The lowest BCUT2D eigenvalue weighted by Crippen LogP contribution is -2.24. The molecule has 0 unspecified atom stereocenters. The number of hydrogen-bond donors (Lipinski definition) is 1. The average molecular weight is 385 g/mol. The van der Waals surface area contributed by atoms with Crippen molar-refractivity contribution in [2.24, 2.45) is 5.92 Å². The zero-order valence-corrected chi connectivity index (χ0v) is 18.2. The van der Waals surface area contributed by atoms with Gasteiger partial charge in [-0.1, -0.05) is 26.7 Å². The number of hydrogen-bond acceptors (Lipinski definition) is 5. The Morgan fingerprint density at radius 3 is 2.52 bits per heavy atom. The van der Waals surface area contributed by atoms with Crippen molar-refractivity contribution >= 4 is 5.97 Å². The van der Waals surface area contributed by atoms with Crippen LogP contribution < -0.4 is 0 Å². The van der Waals surface area contributed by atoms with Crippen molar-refractivity contribution < 1.29 is 24.1 Å². The van der Waals surface area contributed by atoms with Crippen LogP contribution in [0.5, 0.6) is 0 Å². The number of carbonyl (C=O) groups excluding carboxylic acids is 1. The SMILES string of the molecule is CCCCCC(=O)OC[C@H](C)[C@@H]1O[C@]1(C)CC[C@@H]1O[C@]1(C)CCC(C)(C)O. The summed E-state index contributed by atoms with van der Waals surface area (Å²) >= 11 is 0. The highest BCUT2D eigenvalue weighted by molar-refractivity contribution is 5.69. The van der Waals surface area contributed by atoms with E-state index >= 15 is 0 Å². The smallest absolute Gasteiger partial charge is 0.305 e. The first-order valence-corrected chi connectivity index (χ1v) is 10.7. The van der Waals surface area contributed by atoms with Crippen LogP contribution in [-0.2, 0) is 19.0 Å². The quantitative estimate of drug-likeness (QED) is 0.290. The molecule has 5 atom stereocenters. The molecule has 158 valence electrons. The normalized spacial score (nSPS) is 33.6. The van der Waals surface area contributed by atoms with E-state index in [9.17, 15) is 9.90 Å². The van der Waals surface area contributed by atoms with Crippen LogP contribution in [0.25, 0.3) is 0 Å². The molecule has 0 aromatic carbocycles. The first kappa shape index (κ1) is 22.6. The Hall–Kier alpha value is -0.650. The number of epoxide rings is 2. The van der Waals surface area contributed by atoms with Crippen molar-refractivity contribution in [2.45, 2.75) is 122 Å². The van der Waals surface area contributed by atoms with Crippen LogP contribution >= 0.6 is 0 Å². The molecule has 0 spiro atoms. The molecule has 5 heteroatoms. The van der Waals surface area contributed by atoms with Crippen molar-refractivity contribution in [1.29, 1.82) is 0 Å². The summed E-state index contributed by atoms with van der Waals surface area (Å²) in [4.78, 5) is 11.8. The Labute approximate surface area is 165 Å². The Kier molecular flexibility index (Phi) is 7.37. The van der Waals surface area contributed by atoms with Gasteiger partial charge in [0.1, 0.15) is 0 Å². The molecule has 5 nitrogen and oxygen atoms in total. The van der Waals surface area contributed by atoms with Crippen LogP contribution in [0.2, 0.25) is 0 Å². The molecule has 2 aliphatic heterocycles. The van der Waals surface area contributed by atoms with Gasteiger partial charge in [0.05, 0.1) is 35.6 Å². The van der Waals surface area contributed by atoms with Gasteiger partial charge in [-0.15, -0.1) is 0 Å². The van der Waals surface area contributed by atoms with Gasteiger partial charge in [-0.05, 0) is 59.8 Å². The molecule has 27 heavy (non-hydrogen) atoms. The van der Waals surface area contributed by atoms with E-state index in [0.29, 0.717) is 13.0 Å². The van der Waals surface area contributed by atoms with Crippen molar-refractivity contribution in [3.8, 4) is 0 Å². The minimum atomic E-state index is -0.639. The standard InChI is InChI=1S/C22H40O5/c1-7-8-9-10-18(23)25-15-16(2)19-22(6,27-19)12-11-17-21(5,26-17)14-13-20(3,4)24/h16-17,19,24H,7-15H2,1-6H3/t16-,17-,19-,21+,22+/m0/s1. The van der Waals surface area contributed by atoms with Crippen LogP contribution in [0.3, 0.4) is 0 Å². The molecule has 0 aliphatic carbocycles. The monoisotopic (exact) mass is 384 g/mol. The number of rotatable bonds is 13. The number of unbranched alkanes of at least 4 members (excludes halogenated alkanes) is 2. The zero-order chi connectivity index (χ0) is 20.3. The van der Waals surface area contributed by atoms with E-state index in [4.69, 9.17) is 14.2 Å². The molecule has 2 fully saturated rings. The lowest BCUT2D eigenvalue weighted by Gasteiger charge is -2.18. The van der Waals surface area contributed by atoms with E-state index in [1.165, 1.54) is 0 Å². The lowest BCUT2D eigenvalue weighted by atomic mass is 9.89. The molecule has 2 saturated heterocycles. The molecule has 0 amide bonds. The molecular weight excluding hydrogens is 344 g/mol. The van der Waals surface area contributed by atoms with Gasteiger partial charge in [0, 0.05) is 12.3 Å². The van der Waals surface area contributed by atoms with Crippen molar-refractivity contribution in [1.82, 2.24) is 0 Å². The molecule has 0 aromatic heterocycles. The third-order valence-electron chi connectivity index (χ3n) is 6.12. The Morgan fingerprint density at radius 1 is 1.19 bits per heavy atom. The number of carbonyl (C=O) groups is 1. The third-order valence-corrected chi connectivity index (χ3v) is 6.12. The van der Waals surface area contributed by atoms with Gasteiger partial charge in [0.2, 0.25) is 0 Å². The highest BCUT2D eigenvalue weighted by Gasteiger charge is 2.58. The van der Waals surface area contributed by atoms with Crippen molar-refractivity contribution in [3.05, 3.63) is 0 Å².